The number of carbonyl (C=O) groups excluding carboxylic acids is 1. The van der Waals surface area contributed by atoms with Crippen molar-refractivity contribution < 1.29 is 24.1 Å². The highest BCUT2D eigenvalue weighted by atomic mass is 32.1. The first-order valence-corrected chi connectivity index (χ1v) is 9.44. The number of ether oxygens (including phenoxy) is 2. The maximum atomic E-state index is 12.8. The van der Waals surface area contributed by atoms with Gasteiger partial charge in [0, 0.05) is 6.42 Å². The van der Waals surface area contributed by atoms with Crippen LogP contribution >= 0.6 is 11.3 Å². The zero-order valence-electron chi connectivity index (χ0n) is 14.5. The molecule has 0 aliphatic carbocycles. The van der Waals surface area contributed by atoms with Gasteiger partial charge >= 0.3 is 0 Å². The van der Waals surface area contributed by atoms with E-state index in [1.165, 1.54) is 15.8 Å². The van der Waals surface area contributed by atoms with Crippen LogP contribution in [0.2, 0.25) is 0 Å². The highest BCUT2D eigenvalue weighted by Gasteiger charge is 2.37. The summed E-state index contributed by atoms with van der Waals surface area (Å²) in [5.74, 6) is 0.580. The lowest BCUT2D eigenvalue weighted by Gasteiger charge is -2.27. The van der Waals surface area contributed by atoms with Crippen LogP contribution in [0.1, 0.15) is 32.5 Å². The number of nitrogens with zero attached hydrogens (tertiary/aromatic N) is 1. The van der Waals surface area contributed by atoms with Gasteiger partial charge in [-0.2, -0.15) is 0 Å². The van der Waals surface area contributed by atoms with Crippen molar-refractivity contribution in [3.05, 3.63) is 43.8 Å². The highest BCUT2D eigenvalue weighted by Crippen LogP contribution is 2.43. The van der Waals surface area contributed by atoms with Gasteiger partial charge in [0.1, 0.15) is 17.7 Å². The molecule has 3 N–H and O–H groups in total. The Morgan fingerprint density at radius 1 is 1.30 bits per heavy atom. The van der Waals surface area contributed by atoms with Crippen LogP contribution in [0.15, 0.2) is 12.1 Å². The van der Waals surface area contributed by atoms with Gasteiger partial charge in [-0.3, -0.25) is 14.9 Å². The fraction of sp³-hybridized carbons (Fsp3) is 0.353. The van der Waals surface area contributed by atoms with Crippen molar-refractivity contribution in [1.29, 1.82) is 0 Å². The zero-order chi connectivity index (χ0) is 18.7. The number of hydrogen-bond donors (Lipinski definition) is 3. The molecule has 140 valence electrons. The number of carbonyl (C=O) groups is 1. The Kier molecular flexibility index (Phi) is 3.52. The number of nitro groups is 1. The SMILES string of the molecule is C[NH+]1CCc2c(sc3c2C(=O)N[C@H](c2cc4c(cc2[N+](=O)[O-])OCO4)N3)C1. The highest BCUT2D eigenvalue weighted by molar-refractivity contribution is 7.16. The van der Waals surface area contributed by atoms with Crippen molar-refractivity contribution in [3.8, 4) is 11.5 Å². The second kappa shape index (κ2) is 5.83. The predicted octanol–water partition coefficient (Wildman–Crippen LogP) is 0.810. The van der Waals surface area contributed by atoms with Crippen LogP contribution in [-0.2, 0) is 13.0 Å². The minimum atomic E-state index is -0.704. The largest absolute Gasteiger partial charge is 0.454 e. The summed E-state index contributed by atoms with van der Waals surface area (Å²) in [6.07, 6.45) is 0.154. The molecule has 1 aromatic carbocycles. The molecule has 1 amide bonds. The van der Waals surface area contributed by atoms with Gasteiger partial charge in [-0.15, -0.1) is 11.3 Å². The normalized spacial score (nSPS) is 22.5. The smallest absolute Gasteiger partial charge is 0.280 e. The molecule has 0 saturated carbocycles. The third-order valence-corrected chi connectivity index (χ3v) is 6.33. The van der Waals surface area contributed by atoms with Crippen LogP contribution in [0.4, 0.5) is 10.7 Å². The molecule has 0 radical (unpaired) electrons. The van der Waals surface area contributed by atoms with Crippen molar-refractivity contribution in [2.45, 2.75) is 19.1 Å². The predicted molar refractivity (Wildman–Crippen MR) is 96.5 cm³/mol. The maximum absolute atomic E-state index is 12.8. The summed E-state index contributed by atoms with van der Waals surface area (Å²) in [7, 11) is 2.13. The standard InChI is InChI=1S/C17H16N4O5S/c1-20-3-2-8-13(6-20)27-17-14(8)16(22)18-15(19-17)9-4-11-12(26-7-25-11)5-10(9)21(23)24/h4-5,15,19H,2-3,6-7H2,1H3,(H,18,22)/p+1/t15-/m0/s1. The molecule has 9 nitrogen and oxygen atoms in total. The lowest BCUT2D eigenvalue weighted by molar-refractivity contribution is -0.895. The molecule has 27 heavy (non-hydrogen) atoms. The lowest BCUT2D eigenvalue weighted by atomic mass is 10.00. The lowest BCUT2D eigenvalue weighted by Crippen LogP contribution is -3.08. The summed E-state index contributed by atoms with van der Waals surface area (Å²) in [5, 5.41) is 18.5. The van der Waals surface area contributed by atoms with E-state index in [1.54, 1.807) is 17.4 Å². The quantitative estimate of drug-likeness (QED) is 0.518. The Bertz CT molecular complexity index is 988. The van der Waals surface area contributed by atoms with Gasteiger partial charge in [-0.05, 0) is 11.6 Å². The van der Waals surface area contributed by atoms with Gasteiger partial charge in [0.05, 0.1) is 40.6 Å². The fourth-order valence-corrected chi connectivity index (χ4v) is 5.21. The molecule has 2 atom stereocenters. The van der Waals surface area contributed by atoms with Crippen molar-refractivity contribution in [2.24, 2.45) is 0 Å². The van der Waals surface area contributed by atoms with E-state index in [9.17, 15) is 14.9 Å². The molecule has 10 heteroatoms. The second-order valence-corrected chi connectivity index (χ2v) is 8.02. The van der Waals surface area contributed by atoms with Crippen molar-refractivity contribution in [2.75, 3.05) is 25.7 Å². The third-order valence-electron chi connectivity index (χ3n) is 5.16. The van der Waals surface area contributed by atoms with E-state index >= 15 is 0 Å². The van der Waals surface area contributed by atoms with Crippen LogP contribution in [0, 0.1) is 10.1 Å². The molecule has 3 aliphatic heterocycles. The van der Waals surface area contributed by atoms with Crippen molar-refractivity contribution in [3.63, 3.8) is 0 Å². The fourth-order valence-electron chi connectivity index (χ4n) is 3.82. The Morgan fingerprint density at radius 3 is 2.85 bits per heavy atom. The molecule has 3 aliphatic rings. The molecule has 5 rings (SSSR count). The van der Waals surface area contributed by atoms with Crippen LogP contribution in [0.25, 0.3) is 0 Å². The average Bonchev–Trinajstić information content (AvgIpc) is 3.23. The summed E-state index contributed by atoms with van der Waals surface area (Å²) in [6, 6.07) is 2.91. The minimum absolute atomic E-state index is 0.0258. The number of thiophene rings is 1. The van der Waals surface area contributed by atoms with Gasteiger partial charge in [-0.25, -0.2) is 0 Å². The van der Waals surface area contributed by atoms with Gasteiger partial charge in [0.25, 0.3) is 11.6 Å². The second-order valence-electron chi connectivity index (χ2n) is 6.91. The number of fused-ring (bicyclic) bond motifs is 4. The number of nitro benzene ring substituents is 1. The van der Waals surface area contributed by atoms with Crippen LogP contribution in [0.5, 0.6) is 11.5 Å². The number of amides is 1. The number of nitrogens with one attached hydrogen (secondary N) is 3. The van der Waals surface area contributed by atoms with Crippen LogP contribution in [0.3, 0.4) is 0 Å². The van der Waals surface area contributed by atoms with E-state index in [1.807, 2.05) is 0 Å². The molecule has 0 saturated heterocycles. The number of anilines is 1. The minimum Gasteiger partial charge on any atom is -0.454 e. The van der Waals surface area contributed by atoms with Crippen molar-refractivity contribution in [1.82, 2.24) is 5.32 Å². The molecule has 4 heterocycles. The first kappa shape index (κ1) is 16.3. The molecular formula is C17H17N4O5S+. The number of quaternary nitrogens is 1. The number of hydrogen-bond acceptors (Lipinski definition) is 7. The number of rotatable bonds is 2. The summed E-state index contributed by atoms with van der Waals surface area (Å²) >= 11 is 1.56. The molecule has 0 spiro atoms. The van der Waals surface area contributed by atoms with E-state index < -0.39 is 11.1 Å². The summed E-state index contributed by atoms with van der Waals surface area (Å²) < 4.78 is 10.6. The van der Waals surface area contributed by atoms with E-state index in [2.05, 4.69) is 17.7 Å². The topological polar surface area (TPSA) is 107 Å². The summed E-state index contributed by atoms with van der Waals surface area (Å²) in [6.45, 7) is 1.90. The van der Waals surface area contributed by atoms with E-state index in [4.69, 9.17) is 9.47 Å². The molecule has 1 aromatic heterocycles. The van der Waals surface area contributed by atoms with E-state index in [0.29, 0.717) is 22.6 Å². The Morgan fingerprint density at radius 2 is 2.07 bits per heavy atom. The monoisotopic (exact) mass is 389 g/mol. The molecule has 0 bridgehead atoms. The van der Waals surface area contributed by atoms with E-state index in [-0.39, 0.29) is 18.4 Å². The Hall–Kier alpha value is -2.85. The zero-order valence-corrected chi connectivity index (χ0v) is 15.3. The van der Waals surface area contributed by atoms with Gasteiger partial charge in [-0.1, -0.05) is 0 Å². The molecule has 2 aromatic rings. The van der Waals surface area contributed by atoms with Gasteiger partial charge in [0.2, 0.25) is 6.79 Å². The van der Waals surface area contributed by atoms with Crippen molar-refractivity contribution >= 4 is 27.9 Å². The Labute approximate surface area is 158 Å². The first-order chi connectivity index (χ1) is 13.0. The molecular weight excluding hydrogens is 372 g/mol. The van der Waals surface area contributed by atoms with Gasteiger partial charge in [0.15, 0.2) is 11.5 Å². The first-order valence-electron chi connectivity index (χ1n) is 8.62. The third kappa shape index (κ3) is 2.52. The average molecular weight is 389 g/mol. The number of likely N-dealkylation sites (N-methyl/N-ethyl adjacent to an activating group) is 1. The maximum Gasteiger partial charge on any atom is 0.280 e. The molecule has 1 unspecified atom stereocenters. The van der Waals surface area contributed by atoms with E-state index in [0.717, 1.165) is 30.1 Å². The van der Waals surface area contributed by atoms with Gasteiger partial charge < -0.3 is 25.0 Å². The van der Waals surface area contributed by atoms with Crippen LogP contribution in [-0.4, -0.2) is 31.2 Å². The number of benzene rings is 1. The Balaban J connectivity index is 1.56. The van der Waals surface area contributed by atoms with Crippen LogP contribution < -0.4 is 25.0 Å². The molecule has 0 fully saturated rings. The summed E-state index contributed by atoms with van der Waals surface area (Å²) in [4.78, 5) is 26.5. The summed E-state index contributed by atoms with van der Waals surface area (Å²) in [5.41, 5.74) is 2.01.